The molecule has 8 heteroatoms. The van der Waals surface area contributed by atoms with Gasteiger partial charge < -0.3 is 9.42 Å². The van der Waals surface area contributed by atoms with Gasteiger partial charge in [0.2, 0.25) is 11.8 Å². The number of amides is 2. The predicted molar refractivity (Wildman–Crippen MR) is 97.1 cm³/mol. The third-order valence-electron chi connectivity index (χ3n) is 5.78. The van der Waals surface area contributed by atoms with Gasteiger partial charge in [0.15, 0.2) is 0 Å². The molecule has 0 radical (unpaired) electrons. The normalized spacial score (nSPS) is 19.6. The molecule has 1 aliphatic heterocycles. The number of nitrogens with one attached hydrogen (secondary N) is 1. The van der Waals surface area contributed by atoms with E-state index in [1.54, 1.807) is 10.4 Å². The van der Waals surface area contributed by atoms with Crippen molar-refractivity contribution in [3.8, 4) is 0 Å². The Bertz CT molecular complexity index is 635. The molecule has 150 valence electrons. The highest BCUT2D eigenvalue weighted by Gasteiger charge is 2.32. The quantitative estimate of drug-likeness (QED) is 0.532. The highest BCUT2D eigenvalue weighted by molar-refractivity contribution is 5.90. The van der Waals surface area contributed by atoms with Crippen molar-refractivity contribution in [2.45, 2.75) is 70.6 Å². The number of hydroxylamine groups is 1. The fourth-order valence-electron chi connectivity index (χ4n) is 4.21. The molecule has 2 heterocycles. The van der Waals surface area contributed by atoms with Gasteiger partial charge in [0.05, 0.1) is 0 Å². The lowest BCUT2D eigenvalue weighted by atomic mass is 9.84. The summed E-state index contributed by atoms with van der Waals surface area (Å²) in [6.45, 7) is 3.50. The smallest absolute Gasteiger partial charge is 0.295 e. The van der Waals surface area contributed by atoms with Crippen LogP contribution < -0.4 is 5.48 Å². The Hall–Kier alpha value is -1.96. The second-order valence-electron chi connectivity index (χ2n) is 8.14. The first-order valence-corrected chi connectivity index (χ1v) is 10.1. The van der Waals surface area contributed by atoms with Gasteiger partial charge in [0.1, 0.15) is 0 Å². The molecule has 2 amide bonds. The van der Waals surface area contributed by atoms with Crippen LogP contribution in [0.4, 0.5) is 0 Å². The molecule has 1 aromatic heterocycles. The van der Waals surface area contributed by atoms with Crippen LogP contribution in [0.3, 0.4) is 0 Å². The van der Waals surface area contributed by atoms with Crippen LogP contribution in [0.25, 0.3) is 0 Å². The molecule has 2 fully saturated rings. The van der Waals surface area contributed by atoms with Gasteiger partial charge in [-0.1, -0.05) is 57.0 Å². The van der Waals surface area contributed by atoms with Gasteiger partial charge >= 0.3 is 0 Å². The van der Waals surface area contributed by atoms with E-state index in [4.69, 9.17) is 9.73 Å². The van der Waals surface area contributed by atoms with Gasteiger partial charge in [-0.2, -0.15) is 4.98 Å². The standard InChI is InChI=1S/C19H30N4O4/c1-13-11-23(12-13)19(25)17-20-18(27-22-17)15(10-16(24)21-26)9-5-8-14-6-3-2-4-7-14/h13-15,26H,2-12H2,1H3,(H,21,24). The molecule has 1 aromatic rings. The molecule has 1 atom stereocenters. The summed E-state index contributed by atoms with van der Waals surface area (Å²) in [4.78, 5) is 30.0. The molecule has 0 spiro atoms. The molecular formula is C19H30N4O4. The molecule has 2 aliphatic rings. The lowest BCUT2D eigenvalue weighted by Gasteiger charge is -2.36. The Morgan fingerprint density at radius 2 is 2.04 bits per heavy atom. The maximum atomic E-state index is 12.3. The fraction of sp³-hybridized carbons (Fsp3) is 0.789. The zero-order valence-electron chi connectivity index (χ0n) is 16.0. The van der Waals surface area contributed by atoms with E-state index in [0.29, 0.717) is 24.9 Å². The lowest BCUT2D eigenvalue weighted by molar-refractivity contribution is -0.129. The third-order valence-corrected chi connectivity index (χ3v) is 5.78. The Morgan fingerprint density at radius 1 is 1.30 bits per heavy atom. The van der Waals surface area contributed by atoms with Gasteiger partial charge in [-0.25, -0.2) is 5.48 Å². The average molecular weight is 378 g/mol. The molecule has 0 aromatic carbocycles. The Labute approximate surface area is 159 Å². The number of carbonyl (C=O) groups is 2. The first-order valence-electron chi connectivity index (χ1n) is 10.1. The number of carbonyl (C=O) groups excluding carboxylic acids is 2. The predicted octanol–water partition coefficient (Wildman–Crippen LogP) is 2.89. The van der Waals surface area contributed by atoms with Crippen LogP contribution in [0.5, 0.6) is 0 Å². The Kier molecular flexibility index (Phi) is 6.82. The highest BCUT2D eigenvalue weighted by Crippen LogP contribution is 2.31. The zero-order chi connectivity index (χ0) is 19.2. The van der Waals surface area contributed by atoms with Crippen LogP contribution in [-0.4, -0.2) is 45.2 Å². The molecular weight excluding hydrogens is 348 g/mol. The van der Waals surface area contributed by atoms with Crippen LogP contribution >= 0.6 is 0 Å². The third kappa shape index (κ3) is 5.28. The van der Waals surface area contributed by atoms with Crippen molar-refractivity contribution < 1.29 is 19.3 Å². The number of aromatic nitrogens is 2. The molecule has 8 nitrogen and oxygen atoms in total. The monoisotopic (exact) mass is 378 g/mol. The van der Waals surface area contributed by atoms with Crippen LogP contribution in [0.2, 0.25) is 0 Å². The molecule has 27 heavy (non-hydrogen) atoms. The number of hydrogen-bond acceptors (Lipinski definition) is 6. The van der Waals surface area contributed by atoms with Gasteiger partial charge in [-0.05, 0) is 18.3 Å². The molecule has 1 saturated carbocycles. The van der Waals surface area contributed by atoms with Crippen LogP contribution in [0.15, 0.2) is 4.52 Å². The molecule has 2 N–H and O–H groups in total. The average Bonchev–Trinajstić information content (AvgIpc) is 3.15. The summed E-state index contributed by atoms with van der Waals surface area (Å²) in [6, 6.07) is 0. The summed E-state index contributed by atoms with van der Waals surface area (Å²) in [6.07, 6.45) is 9.41. The van der Waals surface area contributed by atoms with Crippen molar-refractivity contribution in [1.29, 1.82) is 0 Å². The van der Waals surface area contributed by atoms with Crippen LogP contribution in [0, 0.1) is 11.8 Å². The van der Waals surface area contributed by atoms with E-state index >= 15 is 0 Å². The van der Waals surface area contributed by atoms with Crippen LogP contribution in [0.1, 0.15) is 87.1 Å². The maximum Gasteiger partial charge on any atom is 0.295 e. The second-order valence-corrected chi connectivity index (χ2v) is 8.14. The van der Waals surface area contributed by atoms with E-state index in [1.165, 1.54) is 32.1 Å². The first-order chi connectivity index (χ1) is 13.1. The minimum Gasteiger partial charge on any atom is -0.338 e. The number of rotatable bonds is 8. The summed E-state index contributed by atoms with van der Waals surface area (Å²) < 4.78 is 5.31. The van der Waals surface area contributed by atoms with Crippen molar-refractivity contribution in [3.05, 3.63) is 11.7 Å². The lowest BCUT2D eigenvalue weighted by Crippen LogP contribution is -2.48. The van der Waals surface area contributed by atoms with Crippen molar-refractivity contribution in [2.75, 3.05) is 13.1 Å². The SMILES string of the molecule is CC1CN(C(=O)c2noc(C(CCCC3CCCCC3)CC(=O)NO)n2)C1. The summed E-state index contributed by atoms with van der Waals surface area (Å²) in [5.41, 5.74) is 1.67. The van der Waals surface area contributed by atoms with E-state index in [0.717, 1.165) is 25.2 Å². The van der Waals surface area contributed by atoms with Gasteiger partial charge in [-0.3, -0.25) is 14.8 Å². The molecule has 1 unspecified atom stereocenters. The summed E-state index contributed by atoms with van der Waals surface area (Å²) in [5.74, 6) is 0.624. The highest BCUT2D eigenvalue weighted by atomic mass is 16.5. The number of nitrogens with zero attached hydrogens (tertiary/aromatic N) is 3. The van der Waals surface area contributed by atoms with Crippen LogP contribution in [-0.2, 0) is 4.79 Å². The zero-order valence-corrected chi connectivity index (χ0v) is 16.0. The fourth-order valence-corrected chi connectivity index (χ4v) is 4.21. The Morgan fingerprint density at radius 3 is 2.70 bits per heavy atom. The van der Waals surface area contributed by atoms with E-state index < -0.39 is 5.91 Å². The largest absolute Gasteiger partial charge is 0.338 e. The van der Waals surface area contributed by atoms with Crippen molar-refractivity contribution in [2.24, 2.45) is 11.8 Å². The minimum absolute atomic E-state index is 0.0542. The van der Waals surface area contributed by atoms with E-state index in [1.807, 2.05) is 0 Å². The number of likely N-dealkylation sites (tertiary alicyclic amines) is 1. The van der Waals surface area contributed by atoms with Gasteiger partial charge in [0.25, 0.3) is 11.7 Å². The van der Waals surface area contributed by atoms with Crippen molar-refractivity contribution in [3.63, 3.8) is 0 Å². The molecule has 0 bridgehead atoms. The van der Waals surface area contributed by atoms with Gasteiger partial charge in [0, 0.05) is 25.4 Å². The topological polar surface area (TPSA) is 109 Å². The maximum absolute atomic E-state index is 12.3. The number of hydrogen-bond donors (Lipinski definition) is 2. The summed E-state index contributed by atoms with van der Waals surface area (Å²) in [5, 5.41) is 12.7. The Balaban J connectivity index is 1.58. The van der Waals surface area contributed by atoms with Gasteiger partial charge in [-0.15, -0.1) is 0 Å². The minimum atomic E-state index is -0.486. The second kappa shape index (κ2) is 9.30. The van der Waals surface area contributed by atoms with Crippen molar-refractivity contribution in [1.82, 2.24) is 20.5 Å². The van der Waals surface area contributed by atoms with E-state index in [2.05, 4.69) is 17.1 Å². The summed E-state index contributed by atoms with van der Waals surface area (Å²) >= 11 is 0. The molecule has 1 saturated heterocycles. The first kappa shape index (κ1) is 19.8. The van der Waals surface area contributed by atoms with E-state index in [-0.39, 0.29) is 24.1 Å². The van der Waals surface area contributed by atoms with E-state index in [9.17, 15) is 9.59 Å². The summed E-state index contributed by atoms with van der Waals surface area (Å²) in [7, 11) is 0. The molecule has 1 aliphatic carbocycles. The van der Waals surface area contributed by atoms with Crippen molar-refractivity contribution >= 4 is 11.8 Å². The molecule has 3 rings (SSSR count).